The quantitative estimate of drug-likeness (QED) is 0.186. The van der Waals surface area contributed by atoms with Crippen molar-refractivity contribution in [1.29, 1.82) is 0 Å². The first-order valence-electron chi connectivity index (χ1n) is 9.60. The van der Waals surface area contributed by atoms with E-state index in [0.717, 1.165) is 28.7 Å². The Morgan fingerprint density at radius 3 is 2.60 bits per heavy atom. The van der Waals surface area contributed by atoms with Crippen molar-refractivity contribution in [2.24, 2.45) is 4.99 Å². The summed E-state index contributed by atoms with van der Waals surface area (Å²) < 4.78 is 43.6. The van der Waals surface area contributed by atoms with E-state index in [2.05, 4.69) is 20.6 Å². The van der Waals surface area contributed by atoms with Crippen LogP contribution in [0.15, 0.2) is 40.7 Å². The van der Waals surface area contributed by atoms with E-state index in [0.29, 0.717) is 43.6 Å². The highest BCUT2D eigenvalue weighted by Gasteiger charge is 2.33. The van der Waals surface area contributed by atoms with E-state index < -0.39 is 11.9 Å². The fourth-order valence-electron chi connectivity index (χ4n) is 2.52. The van der Waals surface area contributed by atoms with Crippen molar-refractivity contribution in [3.63, 3.8) is 0 Å². The molecule has 2 N–H and O–H groups in total. The Bertz CT molecular complexity index is 756. The summed E-state index contributed by atoms with van der Waals surface area (Å²) in [6.45, 7) is 6.32. The van der Waals surface area contributed by atoms with Crippen molar-refractivity contribution in [3.8, 4) is 0 Å². The second-order valence-corrected chi connectivity index (χ2v) is 7.28. The Balaban J connectivity index is 0.00000450. The highest BCUT2D eigenvalue weighted by Crippen LogP contribution is 2.30. The molecule has 30 heavy (non-hydrogen) atoms. The first kappa shape index (κ1) is 26.6. The first-order valence-corrected chi connectivity index (χ1v) is 10.5. The number of benzene rings is 1. The molecule has 168 valence electrons. The van der Waals surface area contributed by atoms with Gasteiger partial charge in [-0.2, -0.15) is 13.2 Å². The lowest BCUT2D eigenvalue weighted by atomic mass is 10.1. The molecule has 2 aromatic rings. The van der Waals surface area contributed by atoms with Crippen LogP contribution in [-0.4, -0.2) is 37.2 Å². The number of alkyl halides is 3. The topological polar surface area (TPSA) is 58.5 Å². The summed E-state index contributed by atoms with van der Waals surface area (Å²) in [5.74, 6) is 0.635. The number of ether oxygens (including phenoxy) is 1. The number of aliphatic imine (C=N–C) groups is 1. The Morgan fingerprint density at radius 1 is 1.23 bits per heavy atom. The summed E-state index contributed by atoms with van der Waals surface area (Å²) in [5.41, 5.74) is 0.310. The normalized spacial score (nSPS) is 12.9. The molecule has 1 aromatic carbocycles. The molecule has 0 saturated heterocycles. The number of halogens is 4. The van der Waals surface area contributed by atoms with E-state index in [-0.39, 0.29) is 30.1 Å². The lowest BCUT2D eigenvalue weighted by Gasteiger charge is -2.13. The molecule has 0 radical (unpaired) electrons. The van der Waals surface area contributed by atoms with Crippen LogP contribution in [-0.2, 0) is 17.3 Å². The van der Waals surface area contributed by atoms with Gasteiger partial charge < -0.3 is 15.4 Å². The van der Waals surface area contributed by atoms with Crippen LogP contribution in [0.1, 0.15) is 42.6 Å². The number of hydrogen-bond donors (Lipinski definition) is 2. The monoisotopic (exact) mass is 556 g/mol. The third-order valence-corrected chi connectivity index (χ3v) is 4.94. The molecule has 0 aliphatic heterocycles. The van der Waals surface area contributed by atoms with Gasteiger partial charge in [0.1, 0.15) is 0 Å². The lowest BCUT2D eigenvalue weighted by Crippen LogP contribution is -2.38. The molecule has 0 bridgehead atoms. The minimum atomic E-state index is -4.39. The SMILES string of the molecule is CCNC(=NCCCOC(C)c1ccccc1)NCCc1nc(C(F)(F)F)cs1.I. The third-order valence-electron chi connectivity index (χ3n) is 4.03. The molecular weight excluding hydrogens is 528 g/mol. The maximum absolute atomic E-state index is 12.6. The van der Waals surface area contributed by atoms with E-state index in [9.17, 15) is 13.2 Å². The molecule has 1 aromatic heterocycles. The predicted octanol–water partition coefficient (Wildman–Crippen LogP) is 5.05. The molecule has 0 aliphatic rings. The summed E-state index contributed by atoms with van der Waals surface area (Å²) in [6, 6.07) is 10.0. The van der Waals surface area contributed by atoms with Gasteiger partial charge in [-0.1, -0.05) is 30.3 Å². The smallest absolute Gasteiger partial charge is 0.374 e. The van der Waals surface area contributed by atoms with Crippen LogP contribution in [0, 0.1) is 0 Å². The maximum Gasteiger partial charge on any atom is 0.434 e. The van der Waals surface area contributed by atoms with Gasteiger partial charge in [-0.15, -0.1) is 35.3 Å². The summed E-state index contributed by atoms with van der Waals surface area (Å²) in [6.07, 6.45) is -3.18. The molecule has 0 spiro atoms. The van der Waals surface area contributed by atoms with Crippen LogP contribution in [0.25, 0.3) is 0 Å². The predicted molar refractivity (Wildman–Crippen MR) is 126 cm³/mol. The second-order valence-electron chi connectivity index (χ2n) is 6.34. The van der Waals surface area contributed by atoms with Gasteiger partial charge in [-0.05, 0) is 25.8 Å². The molecule has 0 saturated carbocycles. The van der Waals surface area contributed by atoms with Crippen molar-refractivity contribution in [3.05, 3.63) is 52.0 Å². The number of nitrogens with zero attached hydrogens (tertiary/aromatic N) is 2. The highest BCUT2D eigenvalue weighted by molar-refractivity contribution is 14.0. The highest BCUT2D eigenvalue weighted by atomic mass is 127. The van der Waals surface area contributed by atoms with Gasteiger partial charge in [-0.3, -0.25) is 4.99 Å². The largest absolute Gasteiger partial charge is 0.434 e. The number of nitrogens with one attached hydrogen (secondary N) is 2. The zero-order valence-corrected chi connectivity index (χ0v) is 20.2. The van der Waals surface area contributed by atoms with Crippen molar-refractivity contribution < 1.29 is 17.9 Å². The van der Waals surface area contributed by atoms with Crippen LogP contribution in [0.3, 0.4) is 0 Å². The van der Waals surface area contributed by atoms with Gasteiger partial charge in [0.25, 0.3) is 0 Å². The minimum absolute atomic E-state index is 0. The maximum atomic E-state index is 12.6. The zero-order valence-electron chi connectivity index (χ0n) is 17.0. The van der Waals surface area contributed by atoms with Crippen LogP contribution in [0.2, 0.25) is 0 Å². The lowest BCUT2D eigenvalue weighted by molar-refractivity contribution is -0.140. The number of rotatable bonds is 10. The Morgan fingerprint density at radius 2 is 1.97 bits per heavy atom. The van der Waals surface area contributed by atoms with Gasteiger partial charge in [0.15, 0.2) is 11.7 Å². The minimum Gasteiger partial charge on any atom is -0.374 e. The van der Waals surface area contributed by atoms with Crippen molar-refractivity contribution in [1.82, 2.24) is 15.6 Å². The number of aromatic nitrogens is 1. The van der Waals surface area contributed by atoms with Crippen molar-refractivity contribution >= 4 is 41.3 Å². The number of guanidine groups is 1. The summed E-state index contributed by atoms with van der Waals surface area (Å²) in [7, 11) is 0. The first-order chi connectivity index (χ1) is 13.9. The number of hydrogen-bond acceptors (Lipinski definition) is 4. The van der Waals surface area contributed by atoms with Crippen LogP contribution in [0.5, 0.6) is 0 Å². The van der Waals surface area contributed by atoms with E-state index in [1.54, 1.807) is 0 Å². The molecule has 0 aliphatic carbocycles. The van der Waals surface area contributed by atoms with Crippen LogP contribution in [0.4, 0.5) is 13.2 Å². The molecule has 0 amide bonds. The van der Waals surface area contributed by atoms with Gasteiger partial charge in [-0.25, -0.2) is 4.98 Å². The van der Waals surface area contributed by atoms with Crippen molar-refractivity contribution in [2.45, 2.75) is 39.0 Å². The van der Waals surface area contributed by atoms with Crippen LogP contribution >= 0.6 is 35.3 Å². The molecule has 1 unspecified atom stereocenters. The zero-order chi connectivity index (χ0) is 21.1. The second kappa shape index (κ2) is 13.8. The molecule has 10 heteroatoms. The van der Waals surface area contributed by atoms with Gasteiger partial charge in [0.05, 0.1) is 11.1 Å². The van der Waals surface area contributed by atoms with Gasteiger partial charge in [0, 0.05) is 38.0 Å². The molecular formula is C20H28F3IN4OS. The summed E-state index contributed by atoms with van der Waals surface area (Å²) in [5, 5.41) is 7.75. The third kappa shape index (κ3) is 9.61. The van der Waals surface area contributed by atoms with Crippen LogP contribution < -0.4 is 10.6 Å². The Labute approximate surface area is 196 Å². The average molecular weight is 556 g/mol. The molecule has 1 atom stereocenters. The fourth-order valence-corrected chi connectivity index (χ4v) is 3.33. The van der Waals surface area contributed by atoms with E-state index in [1.165, 1.54) is 0 Å². The Hall–Kier alpha value is -1.40. The van der Waals surface area contributed by atoms with Crippen molar-refractivity contribution in [2.75, 3.05) is 26.2 Å². The van der Waals surface area contributed by atoms with E-state index >= 15 is 0 Å². The molecule has 5 nitrogen and oxygen atoms in total. The molecule has 2 rings (SSSR count). The van der Waals surface area contributed by atoms with Gasteiger partial charge >= 0.3 is 6.18 Å². The summed E-state index contributed by atoms with van der Waals surface area (Å²) >= 11 is 1.02. The fraction of sp³-hybridized carbons (Fsp3) is 0.500. The molecule has 1 heterocycles. The standard InChI is InChI=1S/C20H27F3N4OS.HI/c1-3-24-19(26-12-10-18-27-17(14-29-18)20(21,22)23)25-11-7-13-28-15(2)16-8-5-4-6-9-16;/h4-6,8-9,14-15H,3,7,10-13H2,1-2H3,(H2,24,25,26);1H. The average Bonchev–Trinajstić information content (AvgIpc) is 3.17. The molecule has 0 fully saturated rings. The van der Waals surface area contributed by atoms with Gasteiger partial charge in [0.2, 0.25) is 0 Å². The Kier molecular flexibility index (Phi) is 12.3. The van der Waals surface area contributed by atoms with E-state index in [1.807, 2.05) is 44.2 Å². The number of thiazole rings is 1. The van der Waals surface area contributed by atoms with E-state index in [4.69, 9.17) is 4.74 Å². The summed E-state index contributed by atoms with van der Waals surface area (Å²) in [4.78, 5) is 8.11.